The molecule has 0 unspecified atom stereocenters. The van der Waals surface area contributed by atoms with E-state index in [-0.39, 0.29) is 0 Å². The molecule has 0 N–H and O–H groups in total. The Labute approximate surface area is 81.0 Å². The molecule has 0 aromatic carbocycles. The summed E-state index contributed by atoms with van der Waals surface area (Å²) in [6.07, 6.45) is 6.28. The van der Waals surface area contributed by atoms with Crippen LogP contribution in [0.1, 0.15) is 13.8 Å². The maximum absolute atomic E-state index is 9.80. The molecule has 7 heteroatoms. The van der Waals surface area contributed by atoms with Gasteiger partial charge >= 0.3 is 25.3 Å². The van der Waals surface area contributed by atoms with Crippen LogP contribution in [0.25, 0.3) is 0 Å². The molecular formula is C7H13F4N2P. The van der Waals surface area contributed by atoms with Crippen molar-refractivity contribution < 1.29 is 21.4 Å². The van der Waals surface area contributed by atoms with Gasteiger partial charge in [-0.05, 0) is 13.8 Å². The molecule has 14 heavy (non-hydrogen) atoms. The van der Waals surface area contributed by atoms with E-state index in [2.05, 4.69) is 41.7 Å². The van der Waals surface area contributed by atoms with E-state index >= 15 is 0 Å². The van der Waals surface area contributed by atoms with Crippen molar-refractivity contribution in [2.45, 2.75) is 26.9 Å². The standard InChI is InChI=1S/C7H13N2.F4P/c1-3-8-5-6-9(4-2)7-8;1-5(2,3)4/h5-7H,3-4H2,1-2H3;/q+1;-1. The van der Waals surface area contributed by atoms with Gasteiger partial charge < -0.3 is 0 Å². The van der Waals surface area contributed by atoms with E-state index in [9.17, 15) is 16.8 Å². The van der Waals surface area contributed by atoms with Gasteiger partial charge in [0.25, 0.3) is 0 Å². The number of imidazole rings is 1. The van der Waals surface area contributed by atoms with Gasteiger partial charge in [0.15, 0.2) is 0 Å². The first-order valence-corrected chi connectivity index (χ1v) is 5.44. The number of nitrogens with zero attached hydrogens (tertiary/aromatic N) is 2. The van der Waals surface area contributed by atoms with E-state index in [1.807, 2.05) is 0 Å². The van der Waals surface area contributed by atoms with Crippen LogP contribution in [0.4, 0.5) is 16.8 Å². The zero-order valence-corrected chi connectivity index (χ0v) is 8.89. The fourth-order valence-corrected chi connectivity index (χ4v) is 0.813. The third-order valence-corrected chi connectivity index (χ3v) is 1.48. The van der Waals surface area contributed by atoms with Crippen molar-refractivity contribution in [2.75, 3.05) is 0 Å². The maximum atomic E-state index is 9.80. The molecule has 0 aliphatic carbocycles. The van der Waals surface area contributed by atoms with Gasteiger partial charge in [-0.2, -0.15) is 0 Å². The van der Waals surface area contributed by atoms with Crippen LogP contribution in [-0.2, 0) is 13.1 Å². The molecule has 1 rings (SSSR count). The summed E-state index contributed by atoms with van der Waals surface area (Å²) in [7, 11) is -6.39. The first kappa shape index (κ1) is 13.4. The van der Waals surface area contributed by atoms with Crippen molar-refractivity contribution in [1.29, 1.82) is 0 Å². The molecule has 84 valence electrons. The van der Waals surface area contributed by atoms with Gasteiger partial charge in [-0.1, -0.05) is 0 Å². The van der Waals surface area contributed by atoms with E-state index in [0.717, 1.165) is 13.1 Å². The van der Waals surface area contributed by atoms with Crippen LogP contribution in [-0.4, -0.2) is 4.57 Å². The zero-order valence-electron chi connectivity index (χ0n) is 8.00. The van der Waals surface area contributed by atoms with E-state index in [4.69, 9.17) is 0 Å². The molecule has 1 aromatic heterocycles. The van der Waals surface area contributed by atoms with Crippen molar-refractivity contribution in [2.24, 2.45) is 0 Å². The average Bonchev–Trinajstić information content (AvgIpc) is 2.48. The van der Waals surface area contributed by atoms with Gasteiger partial charge in [0.05, 0.1) is 13.1 Å². The van der Waals surface area contributed by atoms with Crippen molar-refractivity contribution in [3.05, 3.63) is 18.7 Å². The van der Waals surface area contributed by atoms with Crippen molar-refractivity contribution >= 4 is 8.51 Å². The molecule has 0 aliphatic heterocycles. The van der Waals surface area contributed by atoms with Crippen LogP contribution >= 0.6 is 8.51 Å². The van der Waals surface area contributed by atoms with Crippen molar-refractivity contribution in [3.8, 4) is 0 Å². The van der Waals surface area contributed by atoms with Gasteiger partial charge in [-0.25, -0.2) is 9.13 Å². The molecule has 0 saturated carbocycles. The second-order valence-corrected chi connectivity index (χ2v) is 3.22. The molecule has 0 atom stereocenters. The van der Waals surface area contributed by atoms with Gasteiger partial charge in [0.1, 0.15) is 12.4 Å². The number of halogens is 4. The molecule has 0 radical (unpaired) electrons. The van der Waals surface area contributed by atoms with Gasteiger partial charge in [0.2, 0.25) is 6.33 Å². The van der Waals surface area contributed by atoms with Crippen LogP contribution in [0.5, 0.6) is 0 Å². The monoisotopic (exact) mass is 232 g/mol. The van der Waals surface area contributed by atoms with Crippen LogP contribution in [0.3, 0.4) is 0 Å². The van der Waals surface area contributed by atoms with E-state index < -0.39 is 8.51 Å². The third kappa shape index (κ3) is 7.98. The summed E-state index contributed by atoms with van der Waals surface area (Å²) in [5.41, 5.74) is 0. The second kappa shape index (κ2) is 5.96. The fraction of sp³-hybridized carbons (Fsp3) is 0.571. The molecule has 0 saturated heterocycles. The Morgan fingerprint density at radius 3 is 1.93 bits per heavy atom. The minimum absolute atomic E-state index is 1.06. The first-order valence-electron chi connectivity index (χ1n) is 4.09. The molecule has 0 fully saturated rings. The Morgan fingerprint density at radius 2 is 1.71 bits per heavy atom. The Kier molecular flexibility index (Phi) is 5.69. The number of hydrogen-bond donors (Lipinski definition) is 0. The summed E-state index contributed by atoms with van der Waals surface area (Å²) in [6, 6.07) is 0. The summed E-state index contributed by atoms with van der Waals surface area (Å²) >= 11 is 0. The number of aryl methyl sites for hydroxylation is 2. The molecule has 0 bridgehead atoms. The summed E-state index contributed by atoms with van der Waals surface area (Å²) in [4.78, 5) is 0. The molecule has 0 spiro atoms. The SMILES string of the molecule is CCn1cc[n+](CC)c1.F[P-](F)(F)F. The molecular weight excluding hydrogens is 219 g/mol. The van der Waals surface area contributed by atoms with Gasteiger partial charge in [-0.3, -0.25) is 0 Å². The Bertz CT molecular complexity index is 234. The van der Waals surface area contributed by atoms with E-state index in [1.54, 1.807) is 0 Å². The summed E-state index contributed by atoms with van der Waals surface area (Å²) < 4.78 is 43.5. The first-order chi connectivity index (χ1) is 6.36. The van der Waals surface area contributed by atoms with Crippen LogP contribution in [0, 0.1) is 0 Å². The summed E-state index contributed by atoms with van der Waals surface area (Å²) in [6.45, 7) is 6.40. The van der Waals surface area contributed by atoms with E-state index in [1.165, 1.54) is 0 Å². The van der Waals surface area contributed by atoms with Crippen LogP contribution < -0.4 is 4.57 Å². The summed E-state index contributed by atoms with van der Waals surface area (Å²) in [5, 5.41) is 0. The summed E-state index contributed by atoms with van der Waals surface area (Å²) in [5.74, 6) is 0. The quantitative estimate of drug-likeness (QED) is 0.420. The second-order valence-electron chi connectivity index (χ2n) is 2.46. The Morgan fingerprint density at radius 1 is 1.21 bits per heavy atom. The Hall–Kier alpha value is -0.640. The predicted molar refractivity (Wildman–Crippen MR) is 47.3 cm³/mol. The molecule has 0 amide bonds. The minimum atomic E-state index is -6.39. The van der Waals surface area contributed by atoms with Crippen LogP contribution in [0.15, 0.2) is 18.7 Å². The number of rotatable bonds is 2. The third-order valence-electron chi connectivity index (χ3n) is 1.48. The zero-order chi connectivity index (χ0) is 11.2. The van der Waals surface area contributed by atoms with Crippen molar-refractivity contribution in [3.63, 3.8) is 0 Å². The molecule has 0 aliphatic rings. The Balaban J connectivity index is 0.000000292. The predicted octanol–water partition coefficient (Wildman–Crippen LogP) is 3.36. The average molecular weight is 232 g/mol. The van der Waals surface area contributed by atoms with E-state index in [0.29, 0.717) is 0 Å². The number of aromatic nitrogens is 2. The topological polar surface area (TPSA) is 8.81 Å². The molecule has 1 heterocycles. The van der Waals surface area contributed by atoms with Crippen LogP contribution in [0.2, 0.25) is 0 Å². The van der Waals surface area contributed by atoms with Gasteiger partial charge in [0, 0.05) is 0 Å². The van der Waals surface area contributed by atoms with Crippen molar-refractivity contribution in [1.82, 2.24) is 4.57 Å². The molecule has 1 aromatic rings. The normalized spacial score (nSPS) is 11.9. The fourth-order valence-electron chi connectivity index (χ4n) is 0.813. The molecule has 2 nitrogen and oxygen atoms in total. The number of hydrogen-bond acceptors (Lipinski definition) is 0. The van der Waals surface area contributed by atoms with Gasteiger partial charge in [-0.15, -0.1) is 0 Å².